The second-order valence-electron chi connectivity index (χ2n) is 27.8. The zero-order valence-corrected chi connectivity index (χ0v) is 53.5. The standard InChI is InChI=1S/C80H68N4O2SSi/c1-46(2)87-67-38-22-30-53-51-28-20-36-63(75(51)85-77(53)67)81(47-24-14-12-15-25-47)61-42-40-49-57-44-66-58(45-65(57)83-71-55(69(61)73(49)83)32-18-34-59(71)79(3,4)5)50-41-43-62(70-56-33-19-35-60(80(6,7)8)72(56)84(66)74(50)70)82(48-26-16-13-17-27-48)64-37-21-29-52-54-31-23-39-68(88(9,10)11)78(54)86-76(52)64/h12-46H,1-11H3. The van der Waals surface area contributed by atoms with Gasteiger partial charge in [-0.05, 0) is 93.9 Å². The molecule has 11 aromatic carbocycles. The number of hydrogen-bond acceptors (Lipinski definition) is 5. The third-order valence-corrected chi connectivity index (χ3v) is 21.8. The van der Waals surface area contributed by atoms with Gasteiger partial charge in [0.15, 0.2) is 11.2 Å². The van der Waals surface area contributed by atoms with Gasteiger partial charge in [0, 0.05) is 81.3 Å². The molecule has 0 saturated carbocycles. The van der Waals surface area contributed by atoms with Crippen LogP contribution in [0.5, 0.6) is 0 Å². The first-order chi connectivity index (χ1) is 42.4. The van der Waals surface area contributed by atoms with Crippen LogP contribution in [0.25, 0.3) is 120 Å². The molecule has 0 saturated heterocycles. The van der Waals surface area contributed by atoms with Crippen molar-refractivity contribution < 1.29 is 8.83 Å². The van der Waals surface area contributed by atoms with Gasteiger partial charge in [0.25, 0.3) is 0 Å². The minimum Gasteiger partial charge on any atom is -0.454 e. The summed E-state index contributed by atoms with van der Waals surface area (Å²) in [5, 5.41) is 16.1. The number of fused-ring (bicyclic) bond motifs is 18. The maximum Gasteiger partial charge on any atom is 0.159 e. The molecule has 0 amide bonds. The van der Waals surface area contributed by atoms with Crippen molar-refractivity contribution >= 4 is 179 Å². The molecule has 0 aliphatic carbocycles. The minimum absolute atomic E-state index is 0.171. The van der Waals surface area contributed by atoms with Crippen molar-refractivity contribution in [1.82, 2.24) is 8.80 Å². The van der Waals surface area contributed by atoms with E-state index in [2.05, 4.69) is 300 Å². The molecule has 0 radical (unpaired) electrons. The van der Waals surface area contributed by atoms with Gasteiger partial charge >= 0.3 is 0 Å². The lowest BCUT2D eigenvalue weighted by molar-refractivity contribution is 0.594. The lowest BCUT2D eigenvalue weighted by Gasteiger charge is -2.26. The summed E-state index contributed by atoms with van der Waals surface area (Å²) in [6.07, 6.45) is 0. The Kier molecular flexibility index (Phi) is 11.2. The minimum atomic E-state index is -1.78. The van der Waals surface area contributed by atoms with E-state index in [1.165, 1.54) is 97.9 Å². The molecular weight excluding hydrogens is 1110 g/mol. The first kappa shape index (κ1) is 53.1. The first-order valence-corrected chi connectivity index (χ1v) is 35.5. The highest BCUT2D eigenvalue weighted by Gasteiger charge is 2.34. The van der Waals surface area contributed by atoms with Gasteiger partial charge in [0.1, 0.15) is 11.2 Å². The van der Waals surface area contributed by atoms with Gasteiger partial charge in [-0.15, -0.1) is 11.8 Å². The molecule has 6 heterocycles. The summed E-state index contributed by atoms with van der Waals surface area (Å²) in [6, 6.07) is 77.1. The third-order valence-electron chi connectivity index (χ3n) is 18.7. The molecule has 0 aliphatic heterocycles. The highest BCUT2D eigenvalue weighted by Crippen LogP contribution is 2.55. The van der Waals surface area contributed by atoms with Crippen LogP contribution in [0.2, 0.25) is 19.6 Å². The molecule has 0 spiro atoms. The number of anilines is 6. The number of nitrogens with zero attached hydrogens (tertiary/aromatic N) is 4. The fourth-order valence-corrected chi connectivity index (χ4v) is 17.5. The highest BCUT2D eigenvalue weighted by molar-refractivity contribution is 8.00. The smallest absolute Gasteiger partial charge is 0.159 e. The average molecular weight is 1180 g/mol. The molecule has 8 heteroatoms. The predicted octanol–water partition coefficient (Wildman–Crippen LogP) is 23.4. The van der Waals surface area contributed by atoms with Gasteiger partial charge in [0.05, 0.1) is 68.8 Å². The van der Waals surface area contributed by atoms with E-state index in [4.69, 9.17) is 8.83 Å². The number of rotatable bonds is 9. The van der Waals surface area contributed by atoms with Crippen molar-refractivity contribution in [3.05, 3.63) is 217 Å². The van der Waals surface area contributed by atoms with E-state index in [1.807, 2.05) is 11.8 Å². The van der Waals surface area contributed by atoms with Gasteiger partial charge in [-0.1, -0.05) is 215 Å². The summed E-state index contributed by atoms with van der Waals surface area (Å²) in [5.41, 5.74) is 19.7. The number of furan rings is 2. The monoisotopic (exact) mass is 1180 g/mol. The molecule has 0 atom stereocenters. The number of thioether (sulfide) groups is 1. The summed E-state index contributed by atoms with van der Waals surface area (Å²) < 4.78 is 19.7. The number of para-hydroxylation sites is 8. The van der Waals surface area contributed by atoms with E-state index in [0.29, 0.717) is 5.25 Å². The number of aromatic nitrogens is 2. The van der Waals surface area contributed by atoms with Crippen molar-refractivity contribution in [2.24, 2.45) is 0 Å². The fraction of sp³-hybridized carbons (Fsp3) is 0.175. The van der Waals surface area contributed by atoms with Crippen LogP contribution in [0.15, 0.2) is 220 Å². The van der Waals surface area contributed by atoms with Crippen molar-refractivity contribution in [2.45, 2.75) is 96.0 Å². The van der Waals surface area contributed by atoms with E-state index in [-0.39, 0.29) is 10.8 Å². The maximum atomic E-state index is 7.26. The van der Waals surface area contributed by atoms with Crippen LogP contribution in [0.1, 0.15) is 66.5 Å². The van der Waals surface area contributed by atoms with Crippen molar-refractivity contribution in [1.29, 1.82) is 0 Å². The Labute approximate surface area is 516 Å². The number of hydrogen-bond donors (Lipinski definition) is 0. The van der Waals surface area contributed by atoms with Crippen LogP contribution < -0.4 is 15.0 Å². The molecular formula is C80H68N4O2SSi. The van der Waals surface area contributed by atoms with Crippen molar-refractivity contribution in [3.8, 4) is 0 Å². The Morgan fingerprint density at radius 3 is 1.24 bits per heavy atom. The molecule has 88 heavy (non-hydrogen) atoms. The quantitative estimate of drug-likeness (QED) is 0.106. The molecule has 0 aliphatic rings. The Morgan fingerprint density at radius 2 is 0.784 bits per heavy atom. The van der Waals surface area contributed by atoms with Crippen LogP contribution in [0.3, 0.4) is 0 Å². The van der Waals surface area contributed by atoms with E-state index in [0.717, 1.165) is 77.5 Å². The highest BCUT2D eigenvalue weighted by atomic mass is 32.2. The molecule has 6 nitrogen and oxygen atoms in total. The Hall–Kier alpha value is -9.21. The zero-order chi connectivity index (χ0) is 60.0. The van der Waals surface area contributed by atoms with Crippen LogP contribution >= 0.6 is 11.8 Å². The molecule has 17 rings (SSSR count). The zero-order valence-electron chi connectivity index (χ0n) is 51.7. The molecule has 6 aromatic heterocycles. The summed E-state index contributed by atoms with van der Waals surface area (Å²) in [5.74, 6) is 0. The summed E-state index contributed by atoms with van der Waals surface area (Å²) >= 11 is 1.85. The van der Waals surface area contributed by atoms with Crippen molar-refractivity contribution in [2.75, 3.05) is 9.80 Å². The van der Waals surface area contributed by atoms with Gasteiger partial charge in [-0.2, -0.15) is 0 Å². The molecule has 0 N–H and O–H groups in total. The topological polar surface area (TPSA) is 41.6 Å². The first-order valence-electron chi connectivity index (χ1n) is 31.1. The van der Waals surface area contributed by atoms with Crippen LogP contribution in [0, 0.1) is 0 Å². The molecule has 430 valence electrons. The van der Waals surface area contributed by atoms with E-state index in [1.54, 1.807) is 0 Å². The fourth-order valence-electron chi connectivity index (χ4n) is 15.1. The molecule has 0 unspecified atom stereocenters. The van der Waals surface area contributed by atoms with E-state index >= 15 is 0 Å². The Morgan fingerprint density at radius 1 is 0.375 bits per heavy atom. The lowest BCUT2D eigenvalue weighted by atomic mass is 9.85. The lowest BCUT2D eigenvalue weighted by Crippen LogP contribution is -2.37. The van der Waals surface area contributed by atoms with Gasteiger partial charge in [-0.3, -0.25) is 0 Å². The summed E-state index contributed by atoms with van der Waals surface area (Å²) in [6.45, 7) is 25.9. The van der Waals surface area contributed by atoms with E-state index in [9.17, 15) is 0 Å². The average Bonchev–Trinajstić information content (AvgIpc) is 1.52. The maximum absolute atomic E-state index is 7.26. The summed E-state index contributed by atoms with van der Waals surface area (Å²) in [4.78, 5) is 6.09. The van der Waals surface area contributed by atoms with Crippen LogP contribution in [-0.4, -0.2) is 22.1 Å². The van der Waals surface area contributed by atoms with Gasteiger partial charge in [0.2, 0.25) is 0 Å². The van der Waals surface area contributed by atoms with E-state index < -0.39 is 8.07 Å². The largest absolute Gasteiger partial charge is 0.454 e. The predicted molar refractivity (Wildman–Crippen MR) is 381 cm³/mol. The van der Waals surface area contributed by atoms with Gasteiger partial charge < -0.3 is 27.4 Å². The molecule has 0 bridgehead atoms. The second kappa shape index (κ2) is 18.7. The second-order valence-corrected chi connectivity index (χ2v) is 34.4. The molecule has 17 aromatic rings. The Balaban J connectivity index is 0.977. The molecule has 0 fully saturated rings. The summed E-state index contributed by atoms with van der Waals surface area (Å²) in [7, 11) is -1.78. The Bertz CT molecular complexity index is 5710. The van der Waals surface area contributed by atoms with Crippen LogP contribution in [-0.2, 0) is 10.8 Å². The van der Waals surface area contributed by atoms with Crippen LogP contribution in [0.4, 0.5) is 34.1 Å². The SMILES string of the molecule is CC(C)Sc1cccc2c1oc1c(N(c3ccccc3)c3ccc4c5cc6c(cc5n5c7c(C(C)(C)C)cccc7c3c45)c3ccc(N(c4ccccc4)c4cccc5c4oc4c([Si](C)(C)C)cccc45)c4c5cccc(C(C)(C)C)c5n6c34)cccc12. The van der Waals surface area contributed by atoms with Crippen molar-refractivity contribution in [3.63, 3.8) is 0 Å². The normalized spacial score (nSPS) is 13.1. The third kappa shape index (κ3) is 7.48. The van der Waals surface area contributed by atoms with Gasteiger partial charge in [-0.25, -0.2) is 0 Å². The number of benzene rings is 11.